The Morgan fingerprint density at radius 3 is 2.69 bits per heavy atom. The van der Waals surface area contributed by atoms with Gasteiger partial charge in [0.25, 0.3) is 0 Å². The number of carbonyl (C=O) groups is 1. The van der Waals surface area contributed by atoms with E-state index >= 15 is 0 Å². The van der Waals surface area contributed by atoms with Crippen LogP contribution in [0.25, 0.3) is 0 Å². The number of hydrogen-bond acceptors (Lipinski definition) is 2. The molecule has 0 fully saturated rings. The van der Waals surface area contributed by atoms with Crippen LogP contribution < -0.4 is 0 Å². The minimum atomic E-state index is -0.923. The standard InChI is InChI=1S/C12H12FNO2/c1-12(2,6-11(15)16)9-3-4-10(13)8(5-9)7-14/h3-5H,6H2,1-2H3,(H,15,16). The van der Waals surface area contributed by atoms with Crippen molar-refractivity contribution in [3.63, 3.8) is 0 Å². The number of carboxylic acid groups (broad SMARTS) is 1. The van der Waals surface area contributed by atoms with E-state index in [1.165, 1.54) is 18.2 Å². The number of rotatable bonds is 3. The molecule has 1 aromatic carbocycles. The summed E-state index contributed by atoms with van der Waals surface area (Å²) in [5.74, 6) is -1.51. The van der Waals surface area contributed by atoms with E-state index in [-0.39, 0.29) is 12.0 Å². The predicted octanol–water partition coefficient (Wildman–Crippen LogP) is 2.45. The van der Waals surface area contributed by atoms with Crippen LogP contribution >= 0.6 is 0 Å². The average Bonchev–Trinajstić information content (AvgIpc) is 2.16. The minimum Gasteiger partial charge on any atom is -0.481 e. The number of nitrogens with zero attached hydrogens (tertiary/aromatic N) is 1. The molecule has 0 aliphatic carbocycles. The molecule has 0 atom stereocenters. The SMILES string of the molecule is CC(C)(CC(=O)O)c1ccc(F)c(C#N)c1. The summed E-state index contributed by atoms with van der Waals surface area (Å²) >= 11 is 0. The highest BCUT2D eigenvalue weighted by Gasteiger charge is 2.24. The molecule has 0 radical (unpaired) electrons. The van der Waals surface area contributed by atoms with Crippen molar-refractivity contribution in [2.75, 3.05) is 0 Å². The molecule has 0 heterocycles. The second kappa shape index (κ2) is 4.31. The van der Waals surface area contributed by atoms with Gasteiger partial charge in [-0.15, -0.1) is 0 Å². The summed E-state index contributed by atoms with van der Waals surface area (Å²) in [6, 6.07) is 5.84. The summed E-state index contributed by atoms with van der Waals surface area (Å²) in [6.45, 7) is 3.49. The molecule has 0 amide bonds. The Labute approximate surface area is 93.1 Å². The number of hydrogen-bond donors (Lipinski definition) is 1. The van der Waals surface area contributed by atoms with Gasteiger partial charge in [-0.2, -0.15) is 5.26 Å². The Morgan fingerprint density at radius 1 is 1.56 bits per heavy atom. The molecule has 0 bridgehead atoms. The van der Waals surface area contributed by atoms with Crippen LogP contribution in [0.3, 0.4) is 0 Å². The molecular weight excluding hydrogens is 209 g/mol. The highest BCUT2D eigenvalue weighted by molar-refractivity contribution is 5.69. The van der Waals surface area contributed by atoms with Gasteiger partial charge in [-0.1, -0.05) is 19.9 Å². The molecule has 3 nitrogen and oxygen atoms in total. The second-order valence-electron chi connectivity index (χ2n) is 4.26. The molecule has 1 N–H and O–H groups in total. The van der Waals surface area contributed by atoms with Crippen molar-refractivity contribution < 1.29 is 14.3 Å². The molecule has 0 spiro atoms. The van der Waals surface area contributed by atoms with E-state index < -0.39 is 17.2 Å². The third-order valence-corrected chi connectivity index (χ3v) is 2.46. The first kappa shape index (κ1) is 12.2. The number of halogens is 1. The van der Waals surface area contributed by atoms with Crippen molar-refractivity contribution >= 4 is 5.97 Å². The van der Waals surface area contributed by atoms with Crippen LogP contribution in [-0.4, -0.2) is 11.1 Å². The summed E-state index contributed by atoms with van der Waals surface area (Å²) in [5, 5.41) is 17.4. The predicted molar refractivity (Wildman–Crippen MR) is 56.4 cm³/mol. The Balaban J connectivity index is 3.14. The first-order valence-corrected chi connectivity index (χ1v) is 4.79. The molecule has 4 heteroatoms. The Kier molecular flexibility index (Phi) is 3.28. The van der Waals surface area contributed by atoms with E-state index in [4.69, 9.17) is 10.4 Å². The maximum atomic E-state index is 13.1. The number of nitriles is 1. The Morgan fingerprint density at radius 2 is 2.19 bits per heavy atom. The summed E-state index contributed by atoms with van der Waals surface area (Å²) in [5.41, 5.74) is -0.0330. The topological polar surface area (TPSA) is 61.1 Å². The summed E-state index contributed by atoms with van der Waals surface area (Å²) < 4.78 is 13.1. The van der Waals surface area contributed by atoms with E-state index in [0.29, 0.717) is 5.56 Å². The Bertz CT molecular complexity index is 461. The van der Waals surface area contributed by atoms with Crippen LogP contribution in [0.2, 0.25) is 0 Å². The number of benzene rings is 1. The van der Waals surface area contributed by atoms with Gasteiger partial charge in [0, 0.05) is 5.41 Å². The van der Waals surface area contributed by atoms with Crippen LogP contribution in [0.4, 0.5) is 4.39 Å². The molecule has 0 aliphatic rings. The maximum Gasteiger partial charge on any atom is 0.304 e. The monoisotopic (exact) mass is 221 g/mol. The summed E-state index contributed by atoms with van der Waals surface area (Å²) in [4.78, 5) is 10.7. The minimum absolute atomic E-state index is 0.0593. The highest BCUT2D eigenvalue weighted by atomic mass is 19.1. The normalized spacial score (nSPS) is 10.9. The van der Waals surface area contributed by atoms with Crippen molar-refractivity contribution in [2.24, 2.45) is 0 Å². The van der Waals surface area contributed by atoms with Crippen molar-refractivity contribution in [1.29, 1.82) is 5.26 Å². The molecule has 0 saturated heterocycles. The third kappa shape index (κ3) is 2.57. The van der Waals surface area contributed by atoms with Gasteiger partial charge in [0.1, 0.15) is 11.9 Å². The average molecular weight is 221 g/mol. The molecule has 0 saturated carbocycles. The van der Waals surface area contributed by atoms with Crippen molar-refractivity contribution in [1.82, 2.24) is 0 Å². The lowest BCUT2D eigenvalue weighted by Gasteiger charge is -2.23. The fourth-order valence-corrected chi connectivity index (χ4v) is 1.51. The molecule has 84 valence electrons. The first-order chi connectivity index (χ1) is 7.36. The van der Waals surface area contributed by atoms with Crippen LogP contribution in [-0.2, 0) is 10.2 Å². The van der Waals surface area contributed by atoms with Gasteiger partial charge in [-0.3, -0.25) is 4.79 Å². The van der Waals surface area contributed by atoms with E-state index in [9.17, 15) is 9.18 Å². The van der Waals surface area contributed by atoms with Crippen molar-refractivity contribution in [3.8, 4) is 6.07 Å². The van der Waals surface area contributed by atoms with Crippen LogP contribution in [0, 0.1) is 17.1 Å². The first-order valence-electron chi connectivity index (χ1n) is 4.79. The molecular formula is C12H12FNO2. The lowest BCUT2D eigenvalue weighted by Crippen LogP contribution is -2.21. The highest BCUT2D eigenvalue weighted by Crippen LogP contribution is 2.28. The van der Waals surface area contributed by atoms with E-state index in [1.807, 2.05) is 0 Å². The van der Waals surface area contributed by atoms with E-state index in [1.54, 1.807) is 19.9 Å². The van der Waals surface area contributed by atoms with Gasteiger partial charge in [0.05, 0.1) is 12.0 Å². The zero-order valence-corrected chi connectivity index (χ0v) is 9.12. The Hall–Kier alpha value is -1.89. The quantitative estimate of drug-likeness (QED) is 0.852. The van der Waals surface area contributed by atoms with Crippen LogP contribution in [0.5, 0.6) is 0 Å². The molecule has 0 aliphatic heterocycles. The second-order valence-corrected chi connectivity index (χ2v) is 4.26. The smallest absolute Gasteiger partial charge is 0.304 e. The number of aliphatic carboxylic acids is 1. The fourth-order valence-electron chi connectivity index (χ4n) is 1.51. The number of carboxylic acids is 1. The van der Waals surface area contributed by atoms with Gasteiger partial charge in [-0.05, 0) is 17.7 Å². The van der Waals surface area contributed by atoms with E-state index in [0.717, 1.165) is 0 Å². The largest absolute Gasteiger partial charge is 0.481 e. The van der Waals surface area contributed by atoms with Gasteiger partial charge in [0.15, 0.2) is 0 Å². The third-order valence-electron chi connectivity index (χ3n) is 2.46. The zero-order chi connectivity index (χ0) is 12.3. The van der Waals surface area contributed by atoms with Crippen LogP contribution in [0.1, 0.15) is 31.4 Å². The summed E-state index contributed by atoms with van der Waals surface area (Å²) in [6.07, 6.45) is -0.0660. The molecule has 0 unspecified atom stereocenters. The lowest BCUT2D eigenvalue weighted by atomic mass is 9.81. The molecule has 0 aromatic heterocycles. The molecule has 1 rings (SSSR count). The molecule has 16 heavy (non-hydrogen) atoms. The van der Waals surface area contributed by atoms with Gasteiger partial charge >= 0.3 is 5.97 Å². The van der Waals surface area contributed by atoms with Gasteiger partial charge in [0.2, 0.25) is 0 Å². The van der Waals surface area contributed by atoms with Gasteiger partial charge in [-0.25, -0.2) is 4.39 Å². The lowest BCUT2D eigenvalue weighted by molar-refractivity contribution is -0.138. The fraction of sp³-hybridized carbons (Fsp3) is 0.333. The molecule has 1 aromatic rings. The maximum absolute atomic E-state index is 13.1. The van der Waals surface area contributed by atoms with Crippen LogP contribution in [0.15, 0.2) is 18.2 Å². The van der Waals surface area contributed by atoms with Crippen molar-refractivity contribution in [2.45, 2.75) is 25.7 Å². The van der Waals surface area contributed by atoms with Crippen molar-refractivity contribution in [3.05, 3.63) is 35.1 Å². The summed E-state index contributed by atoms with van der Waals surface area (Å²) in [7, 11) is 0. The van der Waals surface area contributed by atoms with E-state index in [2.05, 4.69) is 0 Å². The zero-order valence-electron chi connectivity index (χ0n) is 9.12. The van der Waals surface area contributed by atoms with Gasteiger partial charge < -0.3 is 5.11 Å².